The molecule has 23 heavy (non-hydrogen) atoms. The number of ketones is 1. The Balaban J connectivity index is 2.44. The number of halogens is 2. The lowest BCUT2D eigenvalue weighted by Gasteiger charge is -2.12. The molecule has 0 aliphatic heterocycles. The second-order valence-electron chi connectivity index (χ2n) is 5.19. The molecule has 0 spiro atoms. The van der Waals surface area contributed by atoms with Crippen molar-refractivity contribution < 1.29 is 13.6 Å². The summed E-state index contributed by atoms with van der Waals surface area (Å²) in [6.45, 7) is 1.76. The van der Waals surface area contributed by atoms with Gasteiger partial charge in [-0.25, -0.2) is 8.78 Å². The number of benzene rings is 1. The van der Waals surface area contributed by atoms with Gasteiger partial charge in [0.25, 0.3) is 0 Å². The zero-order valence-corrected chi connectivity index (χ0v) is 12.9. The highest BCUT2D eigenvalue weighted by Gasteiger charge is 2.13. The minimum Gasteiger partial charge on any atom is -0.328 e. The van der Waals surface area contributed by atoms with Gasteiger partial charge in [-0.2, -0.15) is 0 Å². The third-order valence-electron chi connectivity index (χ3n) is 3.41. The monoisotopic (exact) mass is 317 g/mol. The smallest absolute Gasteiger partial charge is 0.171 e. The van der Waals surface area contributed by atoms with Crippen molar-refractivity contribution in [3.8, 4) is 0 Å². The molecule has 0 unspecified atom stereocenters. The lowest BCUT2D eigenvalue weighted by Crippen LogP contribution is -2.27. The average molecular weight is 317 g/mol. The Hall–Kier alpha value is -2.63. The van der Waals surface area contributed by atoms with Gasteiger partial charge in [-0.15, -0.1) is 0 Å². The molecule has 1 heterocycles. The van der Waals surface area contributed by atoms with Gasteiger partial charge in [-0.1, -0.05) is 12.1 Å². The van der Waals surface area contributed by atoms with Gasteiger partial charge in [-0.3, -0.25) is 10.2 Å². The molecule has 0 saturated heterocycles. The zero-order chi connectivity index (χ0) is 17.0. The van der Waals surface area contributed by atoms with Gasteiger partial charge in [0, 0.05) is 31.4 Å². The minimum absolute atomic E-state index is 0.0216. The summed E-state index contributed by atoms with van der Waals surface area (Å²) < 4.78 is 28.6. The van der Waals surface area contributed by atoms with Gasteiger partial charge < -0.3 is 9.56 Å². The van der Waals surface area contributed by atoms with Crippen LogP contribution in [0.4, 0.5) is 8.78 Å². The molecule has 0 aliphatic rings. The van der Waals surface area contributed by atoms with E-state index in [0.717, 1.165) is 11.6 Å². The van der Waals surface area contributed by atoms with Gasteiger partial charge in [0.2, 0.25) is 0 Å². The Morgan fingerprint density at radius 1 is 1.39 bits per heavy atom. The fourth-order valence-electron chi connectivity index (χ4n) is 2.27. The van der Waals surface area contributed by atoms with Crippen molar-refractivity contribution in [3.05, 3.63) is 64.3 Å². The van der Waals surface area contributed by atoms with Crippen molar-refractivity contribution in [2.45, 2.75) is 19.9 Å². The third-order valence-corrected chi connectivity index (χ3v) is 3.41. The van der Waals surface area contributed by atoms with Crippen molar-refractivity contribution in [3.63, 3.8) is 0 Å². The molecule has 4 nitrogen and oxygen atoms in total. The van der Waals surface area contributed by atoms with Gasteiger partial charge >= 0.3 is 0 Å². The van der Waals surface area contributed by atoms with Gasteiger partial charge in [0.15, 0.2) is 17.4 Å². The second-order valence-corrected chi connectivity index (χ2v) is 5.19. The zero-order valence-electron chi connectivity index (χ0n) is 12.9. The van der Waals surface area contributed by atoms with E-state index in [9.17, 15) is 13.6 Å². The first-order chi connectivity index (χ1) is 10.9. The third kappa shape index (κ3) is 3.77. The number of aliphatic imine (C=N–C) groups is 1. The van der Waals surface area contributed by atoms with E-state index in [1.807, 2.05) is 0 Å². The summed E-state index contributed by atoms with van der Waals surface area (Å²) >= 11 is 0. The number of pyridine rings is 1. The Morgan fingerprint density at radius 2 is 2.13 bits per heavy atom. The van der Waals surface area contributed by atoms with Crippen LogP contribution in [0.3, 0.4) is 0 Å². The maximum Gasteiger partial charge on any atom is 0.171 e. The van der Waals surface area contributed by atoms with E-state index in [-0.39, 0.29) is 35.4 Å². The highest BCUT2D eigenvalue weighted by molar-refractivity contribution is 6.03. The van der Waals surface area contributed by atoms with E-state index in [1.165, 1.54) is 22.9 Å². The van der Waals surface area contributed by atoms with Crippen LogP contribution in [-0.2, 0) is 6.54 Å². The second kappa shape index (κ2) is 7.09. The van der Waals surface area contributed by atoms with E-state index in [1.54, 1.807) is 26.2 Å². The summed E-state index contributed by atoms with van der Waals surface area (Å²) in [5.74, 6) is -2.11. The highest BCUT2D eigenvalue weighted by Crippen LogP contribution is 2.13. The molecule has 120 valence electrons. The Labute approximate surface area is 132 Å². The molecule has 2 rings (SSSR count). The van der Waals surface area contributed by atoms with E-state index >= 15 is 0 Å². The van der Waals surface area contributed by atoms with Crippen LogP contribution >= 0.6 is 0 Å². The predicted octanol–water partition coefficient (Wildman–Crippen LogP) is 2.88. The number of nitrogens with zero attached hydrogens (tertiary/aromatic N) is 2. The lowest BCUT2D eigenvalue weighted by molar-refractivity contribution is 0.0999. The number of aromatic nitrogens is 1. The first-order valence-corrected chi connectivity index (χ1v) is 7.06. The van der Waals surface area contributed by atoms with Crippen LogP contribution in [-0.4, -0.2) is 23.6 Å². The molecule has 0 atom stereocenters. The highest BCUT2D eigenvalue weighted by atomic mass is 19.2. The molecule has 0 aliphatic carbocycles. The molecule has 1 aromatic carbocycles. The van der Waals surface area contributed by atoms with Crippen LogP contribution in [0.25, 0.3) is 0 Å². The molecular weight excluding hydrogens is 300 g/mol. The van der Waals surface area contributed by atoms with Gasteiger partial charge in [0.05, 0.1) is 12.1 Å². The molecule has 6 heteroatoms. The summed E-state index contributed by atoms with van der Waals surface area (Å²) in [5.41, 5.74) is 1.09. The summed E-state index contributed by atoms with van der Waals surface area (Å²) in [7, 11) is 1.57. The molecule has 1 N–H and O–H groups in total. The summed E-state index contributed by atoms with van der Waals surface area (Å²) in [5, 5.41) is 8.16. The number of carbonyl (C=O) groups is 1. The van der Waals surface area contributed by atoms with Crippen LogP contribution in [0.2, 0.25) is 0 Å². The van der Waals surface area contributed by atoms with Crippen molar-refractivity contribution in [2.75, 3.05) is 7.05 Å². The van der Waals surface area contributed by atoms with Crippen molar-refractivity contribution in [2.24, 2.45) is 4.99 Å². The first kappa shape index (κ1) is 16.7. The standard InChI is InChI=1S/C17H17F2N3O/c1-11-8-13(15(23)6-7-21-2)17(20)22(9-11)10-12-4-3-5-14(18)16(12)19/h3-5,7-9,20H,6,10H2,1-2H3. The number of rotatable bonds is 5. The Morgan fingerprint density at radius 3 is 2.83 bits per heavy atom. The summed E-state index contributed by atoms with van der Waals surface area (Å²) in [6, 6.07) is 5.53. The molecule has 2 aromatic rings. The quantitative estimate of drug-likeness (QED) is 0.669. The Bertz CT molecular complexity index is 825. The first-order valence-electron chi connectivity index (χ1n) is 7.06. The average Bonchev–Trinajstić information content (AvgIpc) is 2.52. The summed E-state index contributed by atoms with van der Waals surface area (Å²) in [4.78, 5) is 15.9. The number of nitrogens with one attached hydrogen (secondary N) is 1. The SMILES string of the molecule is CN=CCC(=O)c1cc(C)cn(Cc2cccc(F)c2F)c1=N. The predicted molar refractivity (Wildman–Crippen MR) is 83.8 cm³/mol. The topological polar surface area (TPSA) is 58.2 Å². The molecule has 0 amide bonds. The van der Waals surface area contributed by atoms with Crippen molar-refractivity contribution in [1.82, 2.24) is 4.57 Å². The largest absolute Gasteiger partial charge is 0.328 e. The molecule has 0 saturated carbocycles. The number of carbonyl (C=O) groups excluding carboxylic acids is 1. The fraction of sp³-hybridized carbons (Fsp3) is 0.235. The summed E-state index contributed by atoms with van der Waals surface area (Å²) in [6.07, 6.45) is 3.21. The van der Waals surface area contributed by atoms with E-state index in [4.69, 9.17) is 5.41 Å². The fourth-order valence-corrected chi connectivity index (χ4v) is 2.27. The van der Waals surface area contributed by atoms with Crippen LogP contribution < -0.4 is 5.49 Å². The van der Waals surface area contributed by atoms with E-state index in [2.05, 4.69) is 4.99 Å². The molecule has 0 radical (unpaired) electrons. The molecular formula is C17H17F2N3O. The van der Waals surface area contributed by atoms with Crippen LogP contribution in [0, 0.1) is 24.0 Å². The van der Waals surface area contributed by atoms with Crippen molar-refractivity contribution in [1.29, 1.82) is 5.41 Å². The van der Waals surface area contributed by atoms with Crippen LogP contribution in [0.15, 0.2) is 35.5 Å². The maximum atomic E-state index is 13.8. The van der Waals surface area contributed by atoms with E-state index < -0.39 is 11.6 Å². The number of hydrogen-bond donors (Lipinski definition) is 1. The van der Waals surface area contributed by atoms with Crippen molar-refractivity contribution >= 4 is 12.0 Å². The number of hydrogen-bond acceptors (Lipinski definition) is 3. The molecule has 0 fully saturated rings. The lowest BCUT2D eigenvalue weighted by atomic mass is 10.1. The number of aryl methyl sites for hydroxylation is 1. The Kier molecular flexibility index (Phi) is 5.16. The maximum absolute atomic E-state index is 13.8. The normalized spacial score (nSPS) is 11.1. The van der Waals surface area contributed by atoms with Crippen LogP contribution in [0.5, 0.6) is 0 Å². The van der Waals surface area contributed by atoms with Gasteiger partial charge in [0.1, 0.15) is 5.49 Å². The molecule has 1 aromatic heterocycles. The minimum atomic E-state index is -0.938. The number of Topliss-reactive ketones (excluding diaryl/α,β-unsaturated/α-hetero) is 1. The van der Waals surface area contributed by atoms with Crippen LogP contribution in [0.1, 0.15) is 27.9 Å². The van der Waals surface area contributed by atoms with E-state index in [0.29, 0.717) is 0 Å². The van der Waals surface area contributed by atoms with Gasteiger partial charge in [-0.05, 0) is 24.6 Å². The molecule has 0 bridgehead atoms.